The van der Waals surface area contributed by atoms with Gasteiger partial charge in [-0.2, -0.15) is 17.0 Å². The average molecular weight is 279 g/mol. The zero-order chi connectivity index (χ0) is 14.1. The van der Waals surface area contributed by atoms with Crippen LogP contribution in [0.2, 0.25) is 0 Å². The zero-order valence-electron chi connectivity index (χ0n) is 10.9. The van der Waals surface area contributed by atoms with Gasteiger partial charge < -0.3 is 5.32 Å². The van der Waals surface area contributed by atoms with E-state index in [0.29, 0.717) is 11.3 Å². The highest BCUT2D eigenvalue weighted by Gasteiger charge is 2.09. The van der Waals surface area contributed by atoms with Crippen LogP contribution in [0.5, 0.6) is 0 Å². The highest BCUT2D eigenvalue weighted by atomic mass is 32.2. The quantitative estimate of drug-likeness (QED) is 0.448. The third-order valence-electron chi connectivity index (χ3n) is 2.68. The van der Waals surface area contributed by atoms with Crippen LogP contribution >= 0.6 is 11.8 Å². The number of nitrogens with one attached hydrogen (secondary N) is 1. The molecule has 0 atom stereocenters. The summed E-state index contributed by atoms with van der Waals surface area (Å²) in [6, 6.07) is 6.29. The summed E-state index contributed by atoms with van der Waals surface area (Å²) < 4.78 is 0. The topological polar surface area (TPSA) is 79.0 Å². The molecule has 0 radical (unpaired) electrons. The van der Waals surface area contributed by atoms with E-state index in [-0.39, 0.29) is 5.69 Å². The molecule has 1 N–H and O–H groups in total. The van der Waals surface area contributed by atoms with Crippen LogP contribution in [0.25, 0.3) is 0 Å². The van der Waals surface area contributed by atoms with E-state index < -0.39 is 4.92 Å². The Labute approximate surface area is 117 Å². The summed E-state index contributed by atoms with van der Waals surface area (Å²) in [5.74, 6) is 1.17. The van der Waals surface area contributed by atoms with Crippen LogP contribution < -0.4 is 5.32 Å². The molecule has 0 aliphatic rings. The van der Waals surface area contributed by atoms with Gasteiger partial charge in [-0.15, -0.1) is 0 Å². The van der Waals surface area contributed by atoms with Gasteiger partial charge in [-0.3, -0.25) is 10.1 Å². The Balaban J connectivity index is 2.50. The molecule has 5 nitrogen and oxygen atoms in total. The molecular formula is C13H17N3O2S. The van der Waals surface area contributed by atoms with E-state index in [2.05, 4.69) is 11.6 Å². The van der Waals surface area contributed by atoms with Crippen molar-refractivity contribution >= 4 is 23.1 Å². The number of nitro groups is 1. The fourth-order valence-corrected chi connectivity index (χ4v) is 2.16. The predicted octanol–water partition coefficient (Wildman–Crippen LogP) is 3.41. The van der Waals surface area contributed by atoms with Gasteiger partial charge in [0.25, 0.3) is 5.69 Å². The Morgan fingerprint density at radius 1 is 1.42 bits per heavy atom. The molecule has 1 aromatic rings. The number of rotatable bonds is 8. The molecule has 6 heteroatoms. The summed E-state index contributed by atoms with van der Waals surface area (Å²) in [5, 5.41) is 22.8. The molecule has 0 bridgehead atoms. The van der Waals surface area contributed by atoms with Gasteiger partial charge in [-0.25, -0.2) is 0 Å². The Morgan fingerprint density at radius 2 is 2.21 bits per heavy atom. The summed E-state index contributed by atoms with van der Waals surface area (Å²) in [7, 11) is 0. The number of anilines is 1. The lowest BCUT2D eigenvalue weighted by Gasteiger charge is -2.07. The highest BCUT2D eigenvalue weighted by Crippen LogP contribution is 2.21. The molecule has 0 spiro atoms. The fraction of sp³-hybridized carbons (Fsp3) is 0.462. The van der Waals surface area contributed by atoms with E-state index in [0.717, 1.165) is 19.4 Å². The van der Waals surface area contributed by atoms with Crippen molar-refractivity contribution < 1.29 is 4.92 Å². The highest BCUT2D eigenvalue weighted by molar-refractivity contribution is 7.98. The minimum absolute atomic E-state index is 0.0536. The average Bonchev–Trinajstić information content (AvgIpc) is 2.42. The third kappa shape index (κ3) is 5.18. The summed E-state index contributed by atoms with van der Waals surface area (Å²) >= 11 is 1.84. The van der Waals surface area contributed by atoms with Gasteiger partial charge in [0.05, 0.1) is 16.2 Å². The second-order valence-electron chi connectivity index (χ2n) is 4.08. The lowest BCUT2D eigenvalue weighted by Crippen LogP contribution is -2.03. The van der Waals surface area contributed by atoms with Crippen molar-refractivity contribution in [1.29, 1.82) is 5.26 Å². The van der Waals surface area contributed by atoms with Gasteiger partial charge in [0, 0.05) is 18.7 Å². The SMILES string of the molecule is CSCCCCCNc1ccc([N+](=O)[O-])cc1C#N. The van der Waals surface area contributed by atoms with Crippen LogP contribution in [0.15, 0.2) is 18.2 Å². The molecule has 0 fully saturated rings. The molecule has 0 heterocycles. The number of hydrogen-bond acceptors (Lipinski definition) is 5. The van der Waals surface area contributed by atoms with E-state index in [1.54, 1.807) is 6.07 Å². The molecule has 0 aliphatic carbocycles. The normalized spacial score (nSPS) is 9.89. The number of hydrogen-bond donors (Lipinski definition) is 1. The Bertz CT molecular complexity index is 471. The van der Waals surface area contributed by atoms with Crippen LogP contribution in [-0.4, -0.2) is 23.5 Å². The molecule has 1 aromatic carbocycles. The van der Waals surface area contributed by atoms with Gasteiger partial charge in [-0.1, -0.05) is 6.42 Å². The molecule has 0 saturated heterocycles. The van der Waals surface area contributed by atoms with E-state index >= 15 is 0 Å². The first kappa shape index (κ1) is 15.3. The second-order valence-corrected chi connectivity index (χ2v) is 5.06. The fourth-order valence-electron chi connectivity index (χ4n) is 1.66. The van der Waals surface area contributed by atoms with E-state index in [1.807, 2.05) is 17.8 Å². The number of thioether (sulfide) groups is 1. The second kappa shape index (κ2) is 8.38. The summed E-state index contributed by atoms with van der Waals surface area (Å²) in [6.45, 7) is 0.779. The molecule has 102 valence electrons. The van der Waals surface area contributed by atoms with E-state index in [1.165, 1.54) is 24.3 Å². The lowest BCUT2D eigenvalue weighted by atomic mass is 10.1. The first-order valence-corrected chi connectivity index (χ1v) is 7.49. The van der Waals surface area contributed by atoms with Gasteiger partial charge in [-0.05, 0) is 30.9 Å². The number of nitro benzene ring substituents is 1. The van der Waals surface area contributed by atoms with Crippen LogP contribution in [0.3, 0.4) is 0 Å². The first-order valence-electron chi connectivity index (χ1n) is 6.10. The smallest absolute Gasteiger partial charge is 0.270 e. The van der Waals surface area contributed by atoms with E-state index in [9.17, 15) is 10.1 Å². The molecule has 1 rings (SSSR count). The Hall–Kier alpha value is -1.74. The van der Waals surface area contributed by atoms with E-state index in [4.69, 9.17) is 5.26 Å². The van der Waals surface area contributed by atoms with Crippen molar-refractivity contribution in [2.45, 2.75) is 19.3 Å². The van der Waals surface area contributed by atoms with Gasteiger partial charge in [0.1, 0.15) is 6.07 Å². The molecule has 0 aromatic heterocycles. The number of nitriles is 1. The lowest BCUT2D eigenvalue weighted by molar-refractivity contribution is -0.384. The number of unbranched alkanes of at least 4 members (excludes halogenated alkanes) is 2. The standard InChI is InChI=1S/C13H17N3O2S/c1-19-8-4-2-3-7-15-13-6-5-12(16(17)18)9-11(13)10-14/h5-6,9,15H,2-4,7-8H2,1H3. The zero-order valence-corrected chi connectivity index (χ0v) is 11.7. The summed E-state index contributed by atoms with van der Waals surface area (Å²) in [5.41, 5.74) is 0.929. The van der Waals surface area contributed by atoms with Crippen LogP contribution in [-0.2, 0) is 0 Å². The van der Waals surface area contributed by atoms with Gasteiger partial charge in [0.15, 0.2) is 0 Å². The molecule has 0 saturated carbocycles. The minimum atomic E-state index is -0.493. The molecule has 0 amide bonds. The van der Waals surface area contributed by atoms with Crippen molar-refractivity contribution in [2.24, 2.45) is 0 Å². The predicted molar refractivity (Wildman–Crippen MR) is 78.5 cm³/mol. The third-order valence-corrected chi connectivity index (χ3v) is 3.37. The van der Waals surface area contributed by atoms with Crippen LogP contribution in [0, 0.1) is 21.4 Å². The van der Waals surface area contributed by atoms with Crippen LogP contribution in [0.1, 0.15) is 24.8 Å². The molecule has 0 aliphatic heterocycles. The van der Waals surface area contributed by atoms with Crippen LogP contribution in [0.4, 0.5) is 11.4 Å². The summed E-state index contributed by atoms with van der Waals surface area (Å²) in [6.07, 6.45) is 5.45. The van der Waals surface area contributed by atoms with Gasteiger partial charge in [0.2, 0.25) is 0 Å². The molecule has 19 heavy (non-hydrogen) atoms. The Kier molecular flexibility index (Phi) is 6.75. The van der Waals surface area contributed by atoms with Crippen molar-refractivity contribution in [3.63, 3.8) is 0 Å². The monoisotopic (exact) mass is 279 g/mol. The van der Waals surface area contributed by atoms with Crippen molar-refractivity contribution in [3.8, 4) is 6.07 Å². The maximum Gasteiger partial charge on any atom is 0.270 e. The summed E-state index contributed by atoms with van der Waals surface area (Å²) in [4.78, 5) is 10.1. The number of non-ortho nitro benzene ring substituents is 1. The molecular weight excluding hydrogens is 262 g/mol. The maximum atomic E-state index is 10.6. The van der Waals surface area contributed by atoms with Crippen molar-refractivity contribution in [1.82, 2.24) is 0 Å². The van der Waals surface area contributed by atoms with Gasteiger partial charge >= 0.3 is 0 Å². The van der Waals surface area contributed by atoms with Crippen molar-refractivity contribution in [2.75, 3.05) is 23.9 Å². The minimum Gasteiger partial charge on any atom is -0.384 e. The largest absolute Gasteiger partial charge is 0.384 e. The number of benzene rings is 1. The first-order chi connectivity index (χ1) is 9.19. The van der Waals surface area contributed by atoms with Crippen molar-refractivity contribution in [3.05, 3.63) is 33.9 Å². The Morgan fingerprint density at radius 3 is 2.84 bits per heavy atom. The maximum absolute atomic E-state index is 10.6. The number of nitrogens with zero attached hydrogens (tertiary/aromatic N) is 2. The molecule has 0 unspecified atom stereocenters.